The van der Waals surface area contributed by atoms with Crippen LogP contribution in [-0.2, 0) is 11.2 Å². The van der Waals surface area contributed by atoms with Crippen molar-refractivity contribution in [2.75, 3.05) is 27.0 Å². The first-order chi connectivity index (χ1) is 14.2. The predicted molar refractivity (Wildman–Crippen MR) is 116 cm³/mol. The minimum atomic E-state index is 0.0250. The molecule has 3 heterocycles. The fourth-order valence-corrected chi connectivity index (χ4v) is 5.09. The zero-order chi connectivity index (χ0) is 20.4. The van der Waals surface area contributed by atoms with E-state index in [0.29, 0.717) is 6.04 Å². The highest BCUT2D eigenvalue weighted by atomic mass is 32.2. The number of rotatable bonds is 3. The van der Waals surface area contributed by atoms with E-state index in [1.807, 2.05) is 24.3 Å². The van der Waals surface area contributed by atoms with Gasteiger partial charge in [-0.3, -0.25) is 4.79 Å². The number of carbonyl (C=O) groups is 1. The summed E-state index contributed by atoms with van der Waals surface area (Å²) in [6.45, 7) is 0.793. The first-order valence-corrected chi connectivity index (χ1v) is 11.3. The second-order valence-electron chi connectivity index (χ2n) is 7.55. The maximum absolute atomic E-state index is 12.5. The summed E-state index contributed by atoms with van der Waals surface area (Å²) in [7, 11) is 3.35. The lowest BCUT2D eigenvalue weighted by Crippen LogP contribution is -2.58. The number of fused-ring (bicyclic) bond motifs is 6. The molecule has 1 N–H and O–H groups in total. The van der Waals surface area contributed by atoms with E-state index in [0.717, 1.165) is 42.9 Å². The molecule has 0 radical (unpaired) electrons. The van der Waals surface area contributed by atoms with E-state index in [2.05, 4.69) is 34.7 Å². The molecule has 3 atom stereocenters. The van der Waals surface area contributed by atoms with Crippen LogP contribution in [0.2, 0.25) is 0 Å². The Morgan fingerprint density at radius 2 is 1.90 bits per heavy atom. The molecule has 0 spiro atoms. The number of amides is 1. The van der Waals surface area contributed by atoms with Crippen molar-refractivity contribution in [1.82, 2.24) is 10.2 Å². The Morgan fingerprint density at radius 1 is 1.10 bits per heavy atom. The zero-order valence-corrected chi connectivity index (χ0v) is 18.0. The molecule has 3 aliphatic rings. The molecule has 0 aliphatic carbocycles. The van der Waals surface area contributed by atoms with Gasteiger partial charge in [-0.1, -0.05) is 18.2 Å². The van der Waals surface area contributed by atoms with Crippen LogP contribution in [0.1, 0.15) is 30.0 Å². The number of nitrogens with zero attached hydrogens (tertiary/aromatic N) is 1. The van der Waals surface area contributed by atoms with Crippen LogP contribution in [0.5, 0.6) is 11.5 Å². The Bertz CT molecular complexity index is 857. The molecule has 3 aliphatic heterocycles. The Labute approximate surface area is 176 Å². The zero-order valence-electron chi connectivity index (χ0n) is 17.2. The summed E-state index contributed by atoms with van der Waals surface area (Å²) in [4.78, 5) is 15.9. The van der Waals surface area contributed by atoms with Crippen LogP contribution in [-0.4, -0.2) is 49.9 Å². The second-order valence-corrected chi connectivity index (χ2v) is 8.43. The van der Waals surface area contributed by atoms with E-state index in [4.69, 9.17) is 9.47 Å². The van der Waals surface area contributed by atoms with E-state index >= 15 is 0 Å². The second kappa shape index (κ2) is 8.67. The number of ether oxygens (including phenoxy) is 2. The molecule has 2 fully saturated rings. The van der Waals surface area contributed by atoms with Crippen LogP contribution in [0, 0.1) is 0 Å². The summed E-state index contributed by atoms with van der Waals surface area (Å²) in [6, 6.07) is 14.8. The van der Waals surface area contributed by atoms with Crippen molar-refractivity contribution in [1.29, 1.82) is 0 Å². The lowest BCUT2D eigenvalue weighted by Gasteiger charge is -2.45. The summed E-state index contributed by atoms with van der Waals surface area (Å²) < 4.78 is 11.0. The Hall–Kier alpha value is -2.18. The first-order valence-electron chi connectivity index (χ1n) is 10.1. The molecule has 5 nitrogen and oxygen atoms in total. The fourth-order valence-electron chi connectivity index (χ4n) is 4.66. The third-order valence-electron chi connectivity index (χ3n) is 6.03. The summed E-state index contributed by atoms with van der Waals surface area (Å²) in [5.74, 6) is 1.90. The number of methoxy groups -OCH3 is 2. The molecule has 3 unspecified atom stereocenters. The van der Waals surface area contributed by atoms with Crippen molar-refractivity contribution in [2.24, 2.45) is 0 Å². The monoisotopic (exact) mass is 412 g/mol. The van der Waals surface area contributed by atoms with Gasteiger partial charge >= 0.3 is 0 Å². The molecule has 2 bridgehead atoms. The molecule has 2 saturated heterocycles. The standard InChI is InChI=1S/C16H20N2O3.C7H8S/c1-20-10-7-9-5-6-18-15(14(9)13(8-10)21-2)11-3-4-12(17-11)16(18)19;1-8-7-5-3-2-4-6-7/h7-8,11-12,15,17H,3-6H2,1-2H3;2-6H,1H3. The van der Waals surface area contributed by atoms with Crippen LogP contribution in [0.4, 0.5) is 0 Å². The number of hydrogen-bond donors (Lipinski definition) is 1. The van der Waals surface area contributed by atoms with E-state index < -0.39 is 0 Å². The van der Waals surface area contributed by atoms with E-state index in [1.165, 1.54) is 10.5 Å². The summed E-state index contributed by atoms with van der Waals surface area (Å²) in [5, 5.41) is 3.48. The molecule has 2 aromatic rings. The minimum Gasteiger partial charge on any atom is -0.497 e. The number of carbonyl (C=O) groups excluding carboxylic acids is 1. The molecule has 2 aromatic carbocycles. The van der Waals surface area contributed by atoms with Crippen LogP contribution in [0.3, 0.4) is 0 Å². The van der Waals surface area contributed by atoms with Gasteiger partial charge in [0.1, 0.15) is 11.5 Å². The van der Waals surface area contributed by atoms with Crippen molar-refractivity contribution < 1.29 is 14.3 Å². The Kier molecular flexibility index (Phi) is 6.01. The lowest BCUT2D eigenvalue weighted by molar-refractivity contribution is -0.139. The number of thioether (sulfide) groups is 1. The third kappa shape index (κ3) is 3.83. The molecular weight excluding hydrogens is 384 g/mol. The highest BCUT2D eigenvalue weighted by molar-refractivity contribution is 7.98. The SMILES string of the molecule is COc1cc2c(c(OC)c1)C1C3CCC(N3)C(=O)N1CC2.CSc1ccccc1. The van der Waals surface area contributed by atoms with Gasteiger partial charge in [0, 0.05) is 29.1 Å². The van der Waals surface area contributed by atoms with Gasteiger partial charge in [-0.15, -0.1) is 11.8 Å². The maximum atomic E-state index is 12.5. The van der Waals surface area contributed by atoms with Gasteiger partial charge in [-0.25, -0.2) is 0 Å². The molecule has 29 heavy (non-hydrogen) atoms. The quantitative estimate of drug-likeness (QED) is 0.780. The molecule has 5 rings (SSSR count). The Balaban J connectivity index is 0.000000216. The van der Waals surface area contributed by atoms with Gasteiger partial charge in [-0.05, 0) is 49.3 Å². The molecule has 0 aromatic heterocycles. The molecule has 0 saturated carbocycles. The van der Waals surface area contributed by atoms with Crippen LogP contribution >= 0.6 is 11.8 Å². The first kappa shape index (κ1) is 20.1. The molecule has 6 heteroatoms. The largest absolute Gasteiger partial charge is 0.497 e. The third-order valence-corrected chi connectivity index (χ3v) is 6.78. The lowest BCUT2D eigenvalue weighted by atomic mass is 9.86. The van der Waals surface area contributed by atoms with Crippen LogP contribution in [0.25, 0.3) is 0 Å². The minimum absolute atomic E-state index is 0.0250. The average molecular weight is 413 g/mol. The molecule has 154 valence electrons. The van der Waals surface area contributed by atoms with Crippen molar-refractivity contribution in [2.45, 2.75) is 42.3 Å². The number of piperazine rings is 1. The fraction of sp³-hybridized carbons (Fsp3) is 0.435. The van der Waals surface area contributed by atoms with Crippen LogP contribution in [0.15, 0.2) is 47.4 Å². The average Bonchev–Trinajstić information content (AvgIpc) is 3.23. The van der Waals surface area contributed by atoms with E-state index in [1.54, 1.807) is 26.0 Å². The smallest absolute Gasteiger partial charge is 0.240 e. The Morgan fingerprint density at radius 3 is 2.55 bits per heavy atom. The summed E-state index contributed by atoms with van der Waals surface area (Å²) in [5.41, 5.74) is 2.41. The number of nitrogens with one attached hydrogen (secondary N) is 1. The van der Waals surface area contributed by atoms with Crippen molar-refractivity contribution in [3.63, 3.8) is 0 Å². The van der Waals surface area contributed by atoms with Gasteiger partial charge in [0.2, 0.25) is 5.91 Å². The number of benzene rings is 2. The van der Waals surface area contributed by atoms with Gasteiger partial charge in [-0.2, -0.15) is 0 Å². The van der Waals surface area contributed by atoms with Crippen molar-refractivity contribution in [3.8, 4) is 11.5 Å². The number of hydrogen-bond acceptors (Lipinski definition) is 5. The van der Waals surface area contributed by atoms with Crippen LogP contribution < -0.4 is 14.8 Å². The molecule has 1 amide bonds. The van der Waals surface area contributed by atoms with Crippen molar-refractivity contribution >= 4 is 17.7 Å². The normalized spacial score (nSPS) is 24.2. The van der Waals surface area contributed by atoms with Gasteiger partial charge in [0.05, 0.1) is 26.3 Å². The maximum Gasteiger partial charge on any atom is 0.240 e. The highest BCUT2D eigenvalue weighted by Crippen LogP contribution is 2.45. The van der Waals surface area contributed by atoms with E-state index in [9.17, 15) is 4.79 Å². The molecular formula is C23H28N2O3S. The van der Waals surface area contributed by atoms with Gasteiger partial charge in [0.15, 0.2) is 0 Å². The summed E-state index contributed by atoms with van der Waals surface area (Å²) >= 11 is 1.77. The van der Waals surface area contributed by atoms with Crippen molar-refractivity contribution in [3.05, 3.63) is 53.6 Å². The van der Waals surface area contributed by atoms with E-state index in [-0.39, 0.29) is 18.0 Å². The highest BCUT2D eigenvalue weighted by Gasteiger charge is 2.48. The van der Waals surface area contributed by atoms with Gasteiger partial charge < -0.3 is 19.7 Å². The summed E-state index contributed by atoms with van der Waals surface area (Å²) in [6.07, 6.45) is 4.94. The predicted octanol–water partition coefficient (Wildman–Crippen LogP) is 3.67. The van der Waals surface area contributed by atoms with Gasteiger partial charge in [0.25, 0.3) is 0 Å². The topological polar surface area (TPSA) is 50.8 Å².